The van der Waals surface area contributed by atoms with Gasteiger partial charge in [0.15, 0.2) is 0 Å². The molecule has 0 amide bonds. The first-order valence-electron chi connectivity index (χ1n) is 10.7. The van der Waals surface area contributed by atoms with Crippen LogP contribution in [-0.2, 0) is 13.1 Å². The van der Waals surface area contributed by atoms with Crippen LogP contribution in [0.15, 0.2) is 70.4 Å². The molecule has 5 heteroatoms. The second-order valence-electron chi connectivity index (χ2n) is 8.61. The molecule has 1 aromatic heterocycles. The van der Waals surface area contributed by atoms with Crippen LogP contribution < -0.4 is 5.56 Å². The molecule has 2 unspecified atom stereocenters. The zero-order chi connectivity index (χ0) is 21.4. The Morgan fingerprint density at radius 1 is 1.06 bits per heavy atom. The molecule has 2 bridgehead atoms. The minimum atomic E-state index is 0.115. The maximum Gasteiger partial charge on any atom is 0.250 e. The molecule has 0 aliphatic carbocycles. The first-order valence-corrected chi connectivity index (χ1v) is 12.0. The maximum atomic E-state index is 12.7. The predicted octanol–water partition coefficient (Wildman–Crippen LogP) is 4.73. The molecule has 0 spiro atoms. The number of nitrogens with zero attached hydrogens (tertiary/aromatic N) is 3. The first-order chi connectivity index (χ1) is 15.1. The Balaban J connectivity index is 1.48. The lowest BCUT2D eigenvalue weighted by Crippen LogP contribution is -2.47. The summed E-state index contributed by atoms with van der Waals surface area (Å²) in [6.07, 6.45) is 3.22. The normalized spacial score (nSPS) is 20.1. The summed E-state index contributed by atoms with van der Waals surface area (Å²) in [5.41, 5.74) is 5.56. The van der Waals surface area contributed by atoms with Gasteiger partial charge in [0, 0.05) is 54.3 Å². The second-order valence-corrected chi connectivity index (χ2v) is 9.49. The molecule has 2 atom stereocenters. The van der Waals surface area contributed by atoms with Crippen LogP contribution in [0.3, 0.4) is 0 Å². The third kappa shape index (κ3) is 3.94. The fourth-order valence-corrected chi connectivity index (χ4v) is 5.66. The third-order valence-electron chi connectivity index (χ3n) is 6.53. The summed E-state index contributed by atoms with van der Waals surface area (Å²) in [6, 6.07) is 22.5. The fraction of sp³-hybridized carbons (Fsp3) is 0.308. The molecule has 3 heterocycles. The van der Waals surface area contributed by atoms with Crippen molar-refractivity contribution in [3.8, 4) is 17.2 Å². The van der Waals surface area contributed by atoms with E-state index < -0.39 is 0 Å². The first kappa shape index (κ1) is 20.1. The van der Waals surface area contributed by atoms with Crippen molar-refractivity contribution in [1.29, 1.82) is 5.26 Å². The topological polar surface area (TPSA) is 49.0 Å². The van der Waals surface area contributed by atoms with Crippen LogP contribution in [0.4, 0.5) is 0 Å². The van der Waals surface area contributed by atoms with Gasteiger partial charge in [-0.1, -0.05) is 24.3 Å². The summed E-state index contributed by atoms with van der Waals surface area (Å²) in [5.74, 6) is 0.827. The van der Waals surface area contributed by atoms with Gasteiger partial charge in [-0.15, -0.1) is 11.8 Å². The number of nitriles is 1. The van der Waals surface area contributed by atoms with Crippen molar-refractivity contribution in [2.45, 2.75) is 30.3 Å². The van der Waals surface area contributed by atoms with Gasteiger partial charge in [-0.25, -0.2) is 0 Å². The molecule has 5 rings (SSSR count). The molecular weight excluding hydrogens is 402 g/mol. The largest absolute Gasteiger partial charge is 0.311 e. The highest BCUT2D eigenvalue weighted by atomic mass is 32.2. The Bertz CT molecular complexity index is 1210. The number of pyridine rings is 1. The zero-order valence-corrected chi connectivity index (χ0v) is 18.4. The molecule has 1 saturated heterocycles. The smallest absolute Gasteiger partial charge is 0.250 e. The van der Waals surface area contributed by atoms with Crippen molar-refractivity contribution < 1.29 is 0 Å². The van der Waals surface area contributed by atoms with Crippen molar-refractivity contribution in [2.75, 3.05) is 19.3 Å². The van der Waals surface area contributed by atoms with Crippen LogP contribution in [0.1, 0.15) is 29.2 Å². The van der Waals surface area contributed by atoms with E-state index in [1.54, 1.807) is 17.8 Å². The van der Waals surface area contributed by atoms with E-state index in [4.69, 9.17) is 0 Å². The molecule has 2 aromatic carbocycles. The Morgan fingerprint density at radius 2 is 1.90 bits per heavy atom. The third-order valence-corrected chi connectivity index (χ3v) is 7.27. The number of hydrogen-bond acceptors (Lipinski definition) is 4. The Labute approximate surface area is 187 Å². The molecule has 0 saturated carbocycles. The van der Waals surface area contributed by atoms with Gasteiger partial charge >= 0.3 is 0 Å². The van der Waals surface area contributed by atoms with E-state index in [0.29, 0.717) is 17.4 Å². The minimum Gasteiger partial charge on any atom is -0.311 e. The van der Waals surface area contributed by atoms with E-state index in [-0.39, 0.29) is 5.56 Å². The lowest BCUT2D eigenvalue weighted by Gasteiger charge is -2.43. The Kier molecular flexibility index (Phi) is 5.43. The van der Waals surface area contributed by atoms with Crippen molar-refractivity contribution in [3.63, 3.8) is 0 Å². The molecule has 31 heavy (non-hydrogen) atoms. The van der Waals surface area contributed by atoms with Crippen LogP contribution in [0, 0.1) is 17.2 Å². The van der Waals surface area contributed by atoms with Crippen molar-refractivity contribution in [3.05, 3.63) is 87.8 Å². The van der Waals surface area contributed by atoms with Gasteiger partial charge in [0.25, 0.3) is 5.56 Å². The molecule has 3 aromatic rings. The molecule has 2 aliphatic rings. The van der Waals surface area contributed by atoms with E-state index in [9.17, 15) is 10.1 Å². The van der Waals surface area contributed by atoms with E-state index in [1.165, 1.54) is 27.3 Å². The summed E-state index contributed by atoms with van der Waals surface area (Å²) >= 11 is 1.74. The average molecular weight is 428 g/mol. The van der Waals surface area contributed by atoms with Gasteiger partial charge in [0.2, 0.25) is 0 Å². The Morgan fingerprint density at radius 3 is 2.68 bits per heavy atom. The van der Waals surface area contributed by atoms with Crippen LogP contribution >= 0.6 is 11.8 Å². The zero-order valence-electron chi connectivity index (χ0n) is 17.6. The average Bonchev–Trinajstić information content (AvgIpc) is 2.80. The molecule has 156 valence electrons. The van der Waals surface area contributed by atoms with Gasteiger partial charge in [-0.3, -0.25) is 9.69 Å². The highest BCUT2D eigenvalue weighted by Gasteiger charge is 2.36. The number of piperidine rings is 1. The molecule has 0 radical (unpaired) electrons. The summed E-state index contributed by atoms with van der Waals surface area (Å²) in [5, 5.41) is 9.21. The maximum absolute atomic E-state index is 12.7. The highest BCUT2D eigenvalue weighted by Crippen LogP contribution is 2.40. The lowest BCUT2D eigenvalue weighted by molar-refractivity contribution is 0.115. The molecular formula is C26H25N3OS. The molecule has 0 N–H and O–H groups in total. The van der Waals surface area contributed by atoms with E-state index >= 15 is 0 Å². The molecule has 2 aliphatic heterocycles. The Hall–Kier alpha value is -2.81. The van der Waals surface area contributed by atoms with E-state index in [0.717, 1.165) is 32.6 Å². The van der Waals surface area contributed by atoms with Crippen molar-refractivity contribution >= 4 is 11.8 Å². The fourth-order valence-electron chi connectivity index (χ4n) is 5.26. The summed E-state index contributed by atoms with van der Waals surface area (Å²) in [4.78, 5) is 16.5. The summed E-state index contributed by atoms with van der Waals surface area (Å²) < 4.78 is 2.03. The SMILES string of the molecule is CSc1ccc(-c2ccc(=O)n3c2C2CC(CN(Cc4cccc(C#N)c4)C2)C3)cc1. The number of likely N-dealkylation sites (tertiary alicyclic amines) is 1. The van der Waals surface area contributed by atoms with Gasteiger partial charge in [-0.05, 0) is 60.1 Å². The monoisotopic (exact) mass is 427 g/mol. The number of aromatic nitrogens is 1. The number of thioether (sulfide) groups is 1. The van der Waals surface area contributed by atoms with Gasteiger partial charge < -0.3 is 4.57 Å². The quantitative estimate of drug-likeness (QED) is 0.565. The van der Waals surface area contributed by atoms with Crippen LogP contribution in [0.2, 0.25) is 0 Å². The number of rotatable bonds is 4. The van der Waals surface area contributed by atoms with Crippen LogP contribution in [0.25, 0.3) is 11.1 Å². The van der Waals surface area contributed by atoms with Crippen LogP contribution in [0.5, 0.6) is 0 Å². The lowest BCUT2D eigenvalue weighted by atomic mass is 9.80. The highest BCUT2D eigenvalue weighted by molar-refractivity contribution is 7.98. The van der Waals surface area contributed by atoms with E-state index in [1.807, 2.05) is 28.8 Å². The molecule has 4 nitrogen and oxygen atoms in total. The predicted molar refractivity (Wildman–Crippen MR) is 125 cm³/mol. The summed E-state index contributed by atoms with van der Waals surface area (Å²) in [7, 11) is 0. The number of hydrogen-bond donors (Lipinski definition) is 0. The second kappa shape index (κ2) is 8.37. The summed E-state index contributed by atoms with van der Waals surface area (Å²) in [6.45, 7) is 3.56. The standard InChI is InChI=1S/C26H25N3OS/c1-31-23-7-5-21(6-8-23)24-9-10-25(30)29-16-20-12-22(26(24)29)17-28(15-20)14-19-4-2-3-18(11-19)13-27/h2-11,20,22H,12,14-17H2,1H3. The minimum absolute atomic E-state index is 0.115. The van der Waals surface area contributed by atoms with Gasteiger partial charge in [0.05, 0.1) is 11.6 Å². The van der Waals surface area contributed by atoms with E-state index in [2.05, 4.69) is 47.6 Å². The number of benzene rings is 2. The van der Waals surface area contributed by atoms with Crippen LogP contribution in [-0.4, -0.2) is 28.8 Å². The number of fused-ring (bicyclic) bond motifs is 4. The molecule has 1 fully saturated rings. The van der Waals surface area contributed by atoms with Crippen molar-refractivity contribution in [2.24, 2.45) is 5.92 Å². The van der Waals surface area contributed by atoms with Gasteiger partial charge in [0.1, 0.15) is 0 Å². The van der Waals surface area contributed by atoms with Gasteiger partial charge in [-0.2, -0.15) is 5.26 Å². The van der Waals surface area contributed by atoms with Crippen molar-refractivity contribution in [1.82, 2.24) is 9.47 Å².